The summed E-state index contributed by atoms with van der Waals surface area (Å²) in [6, 6.07) is 6.45. The highest BCUT2D eigenvalue weighted by Crippen LogP contribution is 2.32. The van der Waals surface area contributed by atoms with Crippen molar-refractivity contribution in [3.05, 3.63) is 29.3 Å². The minimum absolute atomic E-state index is 0.339. The molecule has 1 N–H and O–H groups in total. The Morgan fingerprint density at radius 1 is 1.37 bits per heavy atom. The summed E-state index contributed by atoms with van der Waals surface area (Å²) in [7, 11) is 0. The maximum Gasteiger partial charge on any atom is 0.122 e. The molecule has 3 heteroatoms. The molecule has 2 aliphatic rings. The Balaban J connectivity index is 1.64. The monoisotopic (exact) mass is 260 g/mol. The van der Waals surface area contributed by atoms with E-state index in [1.165, 1.54) is 24.2 Å². The second kappa shape index (κ2) is 5.14. The summed E-state index contributed by atoms with van der Waals surface area (Å²) < 4.78 is 6.15. The summed E-state index contributed by atoms with van der Waals surface area (Å²) in [5.41, 5.74) is 3.15. The maximum absolute atomic E-state index is 6.15. The quantitative estimate of drug-likeness (QED) is 0.897. The van der Waals surface area contributed by atoms with Crippen LogP contribution in [-0.2, 0) is 13.0 Å². The highest BCUT2D eigenvalue weighted by molar-refractivity contribution is 5.41. The Morgan fingerprint density at radius 2 is 2.21 bits per heavy atom. The third-order valence-electron chi connectivity index (χ3n) is 4.33. The predicted octanol–water partition coefficient (Wildman–Crippen LogP) is 2.05. The van der Waals surface area contributed by atoms with Gasteiger partial charge in [0.15, 0.2) is 0 Å². The van der Waals surface area contributed by atoms with Crippen molar-refractivity contribution in [1.82, 2.24) is 10.2 Å². The number of fused-ring (bicyclic) bond motifs is 1. The Bertz CT molecular complexity index is 452. The Hall–Kier alpha value is -1.06. The number of ether oxygens (including phenoxy) is 1. The largest absolute Gasteiger partial charge is 0.493 e. The number of benzene rings is 1. The van der Waals surface area contributed by atoms with Crippen molar-refractivity contribution in [1.29, 1.82) is 0 Å². The highest BCUT2D eigenvalue weighted by Gasteiger charge is 2.38. The molecule has 104 valence electrons. The smallest absolute Gasteiger partial charge is 0.122 e. The molecule has 0 bridgehead atoms. The fourth-order valence-corrected chi connectivity index (χ4v) is 3.23. The average Bonchev–Trinajstić information content (AvgIpc) is 2.42. The molecule has 2 heterocycles. The standard InChI is InChI=1S/C16H24N2O/c1-3-18-10-16(2,11-18)12-19-15-6-4-5-13-9-17-8-7-14(13)15/h4-6,17H,3,7-12H2,1-2H3. The Labute approximate surface area is 115 Å². The van der Waals surface area contributed by atoms with E-state index in [2.05, 4.69) is 42.3 Å². The minimum atomic E-state index is 0.339. The first kappa shape index (κ1) is 12.9. The van der Waals surface area contributed by atoms with Gasteiger partial charge in [0.05, 0.1) is 6.61 Å². The second-order valence-corrected chi connectivity index (χ2v) is 6.22. The third kappa shape index (κ3) is 2.63. The van der Waals surface area contributed by atoms with E-state index >= 15 is 0 Å². The molecule has 2 aliphatic heterocycles. The molecule has 0 aromatic heterocycles. The normalized spacial score (nSPS) is 21.6. The van der Waals surface area contributed by atoms with Crippen molar-refractivity contribution in [3.63, 3.8) is 0 Å². The van der Waals surface area contributed by atoms with Gasteiger partial charge in [-0.05, 0) is 36.7 Å². The van der Waals surface area contributed by atoms with Gasteiger partial charge in [-0.25, -0.2) is 0 Å². The molecule has 3 nitrogen and oxygen atoms in total. The van der Waals surface area contributed by atoms with Gasteiger partial charge in [0, 0.05) is 25.0 Å². The van der Waals surface area contributed by atoms with E-state index < -0.39 is 0 Å². The van der Waals surface area contributed by atoms with Crippen LogP contribution < -0.4 is 10.1 Å². The van der Waals surface area contributed by atoms with E-state index in [-0.39, 0.29) is 0 Å². The summed E-state index contributed by atoms with van der Waals surface area (Å²) in [5, 5.41) is 3.41. The van der Waals surface area contributed by atoms with Gasteiger partial charge >= 0.3 is 0 Å². The van der Waals surface area contributed by atoms with Crippen LogP contribution in [0.3, 0.4) is 0 Å². The predicted molar refractivity (Wildman–Crippen MR) is 77.6 cm³/mol. The van der Waals surface area contributed by atoms with Crippen molar-refractivity contribution in [2.24, 2.45) is 5.41 Å². The fraction of sp³-hybridized carbons (Fsp3) is 0.625. The van der Waals surface area contributed by atoms with E-state index in [1.54, 1.807) is 0 Å². The van der Waals surface area contributed by atoms with Crippen LogP contribution in [-0.4, -0.2) is 37.7 Å². The van der Waals surface area contributed by atoms with Crippen molar-refractivity contribution < 1.29 is 4.74 Å². The molecule has 3 rings (SSSR count). The van der Waals surface area contributed by atoms with E-state index in [4.69, 9.17) is 4.74 Å². The van der Waals surface area contributed by atoms with Crippen LogP contribution in [0.2, 0.25) is 0 Å². The van der Waals surface area contributed by atoms with Crippen molar-refractivity contribution in [2.45, 2.75) is 26.8 Å². The number of nitrogens with zero attached hydrogens (tertiary/aromatic N) is 1. The lowest BCUT2D eigenvalue weighted by Gasteiger charge is -2.47. The molecule has 0 atom stereocenters. The Kier molecular flexibility index (Phi) is 3.50. The van der Waals surface area contributed by atoms with E-state index in [1.807, 2.05) is 0 Å². The van der Waals surface area contributed by atoms with Crippen molar-refractivity contribution >= 4 is 0 Å². The zero-order chi connectivity index (χ0) is 13.3. The van der Waals surface area contributed by atoms with Crippen LogP contribution in [0.1, 0.15) is 25.0 Å². The van der Waals surface area contributed by atoms with E-state index in [0.717, 1.165) is 38.4 Å². The topological polar surface area (TPSA) is 24.5 Å². The van der Waals surface area contributed by atoms with Gasteiger partial charge in [-0.15, -0.1) is 0 Å². The minimum Gasteiger partial charge on any atom is -0.493 e. The molecule has 1 saturated heterocycles. The van der Waals surface area contributed by atoms with E-state index in [0.29, 0.717) is 5.41 Å². The Morgan fingerprint density at radius 3 is 3.00 bits per heavy atom. The zero-order valence-corrected chi connectivity index (χ0v) is 12.0. The summed E-state index contributed by atoms with van der Waals surface area (Å²) in [5.74, 6) is 1.11. The van der Waals surface area contributed by atoms with Crippen LogP contribution in [0.4, 0.5) is 0 Å². The molecule has 0 radical (unpaired) electrons. The zero-order valence-electron chi connectivity index (χ0n) is 12.0. The van der Waals surface area contributed by atoms with Gasteiger partial charge in [-0.3, -0.25) is 0 Å². The van der Waals surface area contributed by atoms with Gasteiger partial charge in [0.25, 0.3) is 0 Å². The fourth-order valence-electron chi connectivity index (χ4n) is 3.23. The molecule has 1 fully saturated rings. The lowest BCUT2D eigenvalue weighted by atomic mass is 9.83. The molecule has 0 unspecified atom stereocenters. The number of hydrogen-bond donors (Lipinski definition) is 1. The van der Waals surface area contributed by atoms with Crippen molar-refractivity contribution in [3.8, 4) is 5.75 Å². The van der Waals surface area contributed by atoms with E-state index in [9.17, 15) is 0 Å². The molecule has 0 spiro atoms. The first-order valence-corrected chi connectivity index (χ1v) is 7.37. The van der Waals surface area contributed by atoms with Crippen molar-refractivity contribution in [2.75, 3.05) is 32.8 Å². The molecule has 19 heavy (non-hydrogen) atoms. The first-order chi connectivity index (χ1) is 9.20. The third-order valence-corrected chi connectivity index (χ3v) is 4.33. The van der Waals surface area contributed by atoms with Crippen LogP contribution in [0.15, 0.2) is 18.2 Å². The van der Waals surface area contributed by atoms with Gasteiger partial charge in [0.2, 0.25) is 0 Å². The van der Waals surface area contributed by atoms with Gasteiger partial charge in [0.1, 0.15) is 5.75 Å². The molecular formula is C16H24N2O. The van der Waals surface area contributed by atoms with Crippen LogP contribution in [0, 0.1) is 5.41 Å². The number of nitrogens with one attached hydrogen (secondary N) is 1. The molecule has 0 amide bonds. The number of hydrogen-bond acceptors (Lipinski definition) is 3. The lowest BCUT2D eigenvalue weighted by Crippen LogP contribution is -2.57. The molecule has 1 aromatic carbocycles. The molecule has 1 aromatic rings. The number of likely N-dealkylation sites (tertiary alicyclic amines) is 1. The number of rotatable bonds is 4. The highest BCUT2D eigenvalue weighted by atomic mass is 16.5. The van der Waals surface area contributed by atoms with Gasteiger partial charge < -0.3 is 15.0 Å². The lowest BCUT2D eigenvalue weighted by molar-refractivity contribution is -0.0158. The van der Waals surface area contributed by atoms with Crippen LogP contribution in [0.25, 0.3) is 0 Å². The van der Waals surface area contributed by atoms with Crippen LogP contribution >= 0.6 is 0 Å². The van der Waals surface area contributed by atoms with Gasteiger partial charge in [-0.1, -0.05) is 26.0 Å². The SMILES string of the molecule is CCN1CC(C)(COc2cccc3c2CCNC3)C1. The second-order valence-electron chi connectivity index (χ2n) is 6.22. The summed E-state index contributed by atoms with van der Waals surface area (Å²) in [6.45, 7) is 10.9. The van der Waals surface area contributed by atoms with Gasteiger partial charge in [-0.2, -0.15) is 0 Å². The summed E-state index contributed by atoms with van der Waals surface area (Å²) in [6.07, 6.45) is 1.09. The molecular weight excluding hydrogens is 236 g/mol. The maximum atomic E-state index is 6.15. The first-order valence-electron chi connectivity index (χ1n) is 7.37. The molecule has 0 saturated carbocycles. The molecule has 0 aliphatic carbocycles. The summed E-state index contributed by atoms with van der Waals surface area (Å²) >= 11 is 0. The summed E-state index contributed by atoms with van der Waals surface area (Å²) in [4.78, 5) is 2.47. The van der Waals surface area contributed by atoms with Crippen LogP contribution in [0.5, 0.6) is 5.75 Å². The average molecular weight is 260 g/mol.